The predicted octanol–water partition coefficient (Wildman–Crippen LogP) is 3.83. The SMILES string of the molecule is C[C@@H](Nc1c[nH]c(=O)c(C(=O)Nc2ccc(CN3CCN(C)CC3)cc2)c1)c1ccc(F)cc1F. The molecule has 0 unspecified atom stereocenters. The zero-order chi connectivity index (χ0) is 24.9. The normalized spacial score (nSPS) is 15.5. The molecule has 7 nitrogen and oxygen atoms in total. The van der Waals surface area contributed by atoms with Gasteiger partial charge in [-0.1, -0.05) is 18.2 Å². The summed E-state index contributed by atoms with van der Waals surface area (Å²) < 4.78 is 27.3. The summed E-state index contributed by atoms with van der Waals surface area (Å²) in [5.74, 6) is -1.89. The minimum atomic E-state index is -0.677. The monoisotopic (exact) mass is 481 g/mol. The van der Waals surface area contributed by atoms with Gasteiger partial charge in [-0.3, -0.25) is 14.5 Å². The lowest BCUT2D eigenvalue weighted by Gasteiger charge is -2.32. The lowest BCUT2D eigenvalue weighted by Crippen LogP contribution is -2.43. The van der Waals surface area contributed by atoms with Crippen molar-refractivity contribution < 1.29 is 13.6 Å². The van der Waals surface area contributed by atoms with Crippen molar-refractivity contribution in [2.75, 3.05) is 43.9 Å². The van der Waals surface area contributed by atoms with Crippen molar-refractivity contribution in [3.05, 3.63) is 93.4 Å². The molecule has 1 saturated heterocycles. The third kappa shape index (κ3) is 6.32. The number of nitrogens with one attached hydrogen (secondary N) is 3. The van der Waals surface area contributed by atoms with Crippen molar-refractivity contribution in [2.24, 2.45) is 0 Å². The van der Waals surface area contributed by atoms with Gasteiger partial charge in [0.05, 0.1) is 11.7 Å². The maximum Gasteiger partial charge on any atom is 0.261 e. The van der Waals surface area contributed by atoms with Crippen LogP contribution in [-0.2, 0) is 6.54 Å². The number of likely N-dealkylation sites (N-methyl/N-ethyl adjacent to an activating group) is 1. The number of aromatic amines is 1. The molecule has 3 N–H and O–H groups in total. The van der Waals surface area contributed by atoms with Gasteiger partial charge in [0.25, 0.3) is 11.5 Å². The fourth-order valence-corrected chi connectivity index (χ4v) is 4.07. The van der Waals surface area contributed by atoms with Gasteiger partial charge in [-0.2, -0.15) is 0 Å². The number of nitrogens with zero attached hydrogens (tertiary/aromatic N) is 2. The standard InChI is InChI=1S/C26H29F2N5O2/c1-17(22-8-5-19(27)13-24(22)28)30-21-14-23(25(34)29-15-21)26(35)31-20-6-3-18(4-7-20)16-33-11-9-32(2)10-12-33/h3-8,13-15,17,30H,9-12,16H2,1-2H3,(H,29,34)(H,31,35)/t17-/m1/s1. The first-order valence-electron chi connectivity index (χ1n) is 11.5. The van der Waals surface area contributed by atoms with Crippen LogP contribution in [0.4, 0.5) is 20.2 Å². The van der Waals surface area contributed by atoms with Crippen LogP contribution in [0.2, 0.25) is 0 Å². The Hall–Kier alpha value is -3.56. The van der Waals surface area contributed by atoms with Crippen LogP contribution in [0.3, 0.4) is 0 Å². The van der Waals surface area contributed by atoms with Crippen molar-refractivity contribution in [1.29, 1.82) is 0 Å². The van der Waals surface area contributed by atoms with E-state index in [1.807, 2.05) is 24.3 Å². The number of hydrogen-bond donors (Lipinski definition) is 3. The average Bonchev–Trinajstić information content (AvgIpc) is 2.83. The molecule has 1 aliphatic heterocycles. The van der Waals surface area contributed by atoms with E-state index in [0.717, 1.165) is 44.4 Å². The lowest BCUT2D eigenvalue weighted by molar-refractivity contribution is 0.102. The van der Waals surface area contributed by atoms with Gasteiger partial charge in [-0.15, -0.1) is 0 Å². The molecule has 2 heterocycles. The van der Waals surface area contributed by atoms with Crippen molar-refractivity contribution >= 4 is 17.3 Å². The maximum absolute atomic E-state index is 14.1. The molecular formula is C26H29F2N5O2. The van der Waals surface area contributed by atoms with Crippen LogP contribution in [-0.4, -0.2) is 53.9 Å². The molecule has 1 fully saturated rings. The molecule has 1 aliphatic rings. The van der Waals surface area contributed by atoms with Gasteiger partial charge in [0, 0.05) is 56.2 Å². The van der Waals surface area contributed by atoms with E-state index in [2.05, 4.69) is 32.5 Å². The lowest BCUT2D eigenvalue weighted by atomic mass is 10.1. The van der Waals surface area contributed by atoms with E-state index in [0.29, 0.717) is 11.4 Å². The van der Waals surface area contributed by atoms with Crippen molar-refractivity contribution in [1.82, 2.24) is 14.8 Å². The molecule has 0 radical (unpaired) electrons. The summed E-state index contributed by atoms with van der Waals surface area (Å²) in [6.07, 6.45) is 1.41. The highest BCUT2D eigenvalue weighted by atomic mass is 19.1. The van der Waals surface area contributed by atoms with Crippen molar-refractivity contribution in [3.8, 4) is 0 Å². The second-order valence-electron chi connectivity index (χ2n) is 8.89. The van der Waals surface area contributed by atoms with Gasteiger partial charge in [0.2, 0.25) is 0 Å². The maximum atomic E-state index is 14.1. The molecule has 1 atom stereocenters. The fourth-order valence-electron chi connectivity index (χ4n) is 4.07. The number of benzene rings is 2. The minimum Gasteiger partial charge on any atom is -0.377 e. The Morgan fingerprint density at radius 1 is 1.03 bits per heavy atom. The second kappa shape index (κ2) is 10.8. The van der Waals surface area contributed by atoms with Gasteiger partial charge in [-0.05, 0) is 43.8 Å². The number of H-pyrrole nitrogens is 1. The zero-order valence-corrected chi connectivity index (χ0v) is 19.8. The number of aromatic nitrogens is 1. The highest BCUT2D eigenvalue weighted by molar-refractivity contribution is 6.04. The number of amides is 1. The topological polar surface area (TPSA) is 80.5 Å². The third-order valence-corrected chi connectivity index (χ3v) is 6.17. The molecular weight excluding hydrogens is 452 g/mol. The summed E-state index contributed by atoms with van der Waals surface area (Å²) in [5.41, 5.74) is 1.80. The quantitative estimate of drug-likeness (QED) is 0.478. The van der Waals surface area contributed by atoms with E-state index in [9.17, 15) is 18.4 Å². The molecule has 4 rings (SSSR count). The summed E-state index contributed by atoms with van der Waals surface area (Å²) in [4.78, 5) is 32.3. The third-order valence-electron chi connectivity index (χ3n) is 6.17. The molecule has 0 aliphatic carbocycles. The highest BCUT2D eigenvalue weighted by Crippen LogP contribution is 2.22. The van der Waals surface area contributed by atoms with Gasteiger partial charge < -0.3 is 20.5 Å². The van der Waals surface area contributed by atoms with Gasteiger partial charge >= 0.3 is 0 Å². The fraction of sp³-hybridized carbons (Fsp3) is 0.308. The number of piperazine rings is 1. The van der Waals surface area contributed by atoms with Crippen molar-refractivity contribution in [2.45, 2.75) is 19.5 Å². The van der Waals surface area contributed by atoms with E-state index in [1.165, 1.54) is 24.4 Å². The van der Waals surface area contributed by atoms with E-state index >= 15 is 0 Å². The summed E-state index contributed by atoms with van der Waals surface area (Å²) >= 11 is 0. The first-order chi connectivity index (χ1) is 16.8. The van der Waals surface area contributed by atoms with Crippen LogP contribution < -0.4 is 16.2 Å². The summed E-state index contributed by atoms with van der Waals surface area (Å²) in [6.45, 7) is 6.69. The van der Waals surface area contributed by atoms with Gasteiger partial charge in [-0.25, -0.2) is 8.78 Å². The van der Waals surface area contributed by atoms with Crippen LogP contribution in [0.1, 0.15) is 34.5 Å². The molecule has 0 saturated carbocycles. The van der Waals surface area contributed by atoms with Crippen LogP contribution in [0, 0.1) is 11.6 Å². The van der Waals surface area contributed by atoms with Crippen LogP contribution in [0.15, 0.2) is 59.5 Å². The Labute approximate surface area is 202 Å². The molecule has 3 aromatic rings. The molecule has 1 aromatic heterocycles. The second-order valence-corrected chi connectivity index (χ2v) is 8.89. The number of anilines is 2. The Balaban J connectivity index is 1.40. The minimum absolute atomic E-state index is 0.0803. The Morgan fingerprint density at radius 3 is 2.43 bits per heavy atom. The zero-order valence-electron chi connectivity index (χ0n) is 19.8. The number of halogens is 2. The number of pyridine rings is 1. The molecule has 1 amide bonds. The predicted molar refractivity (Wildman–Crippen MR) is 133 cm³/mol. The number of carbonyl (C=O) groups excluding carboxylic acids is 1. The van der Waals surface area contributed by atoms with E-state index in [1.54, 1.807) is 6.92 Å². The molecule has 184 valence electrons. The first kappa shape index (κ1) is 24.6. The number of hydrogen-bond acceptors (Lipinski definition) is 5. The highest BCUT2D eigenvalue weighted by Gasteiger charge is 2.16. The number of carbonyl (C=O) groups is 1. The number of rotatable bonds is 7. The average molecular weight is 482 g/mol. The molecule has 35 heavy (non-hydrogen) atoms. The van der Waals surface area contributed by atoms with Crippen LogP contribution >= 0.6 is 0 Å². The van der Waals surface area contributed by atoms with Crippen LogP contribution in [0.5, 0.6) is 0 Å². The Morgan fingerprint density at radius 2 is 1.74 bits per heavy atom. The summed E-state index contributed by atoms with van der Waals surface area (Å²) in [5, 5.41) is 5.79. The largest absolute Gasteiger partial charge is 0.377 e. The Bertz CT molecular complexity index is 1240. The van der Waals surface area contributed by atoms with E-state index in [-0.39, 0.29) is 11.1 Å². The molecule has 2 aromatic carbocycles. The summed E-state index contributed by atoms with van der Waals surface area (Å²) in [7, 11) is 2.12. The van der Waals surface area contributed by atoms with E-state index in [4.69, 9.17) is 0 Å². The smallest absolute Gasteiger partial charge is 0.261 e. The van der Waals surface area contributed by atoms with Crippen LogP contribution in [0.25, 0.3) is 0 Å². The molecule has 9 heteroatoms. The summed E-state index contributed by atoms with van der Waals surface area (Å²) in [6, 6.07) is 11.8. The van der Waals surface area contributed by atoms with Gasteiger partial charge in [0.15, 0.2) is 0 Å². The van der Waals surface area contributed by atoms with Gasteiger partial charge in [0.1, 0.15) is 17.2 Å². The first-order valence-corrected chi connectivity index (χ1v) is 11.5. The van der Waals surface area contributed by atoms with E-state index < -0.39 is 29.1 Å². The molecule has 0 spiro atoms. The molecule has 0 bridgehead atoms. The Kier molecular flexibility index (Phi) is 7.57. The van der Waals surface area contributed by atoms with Crippen molar-refractivity contribution in [3.63, 3.8) is 0 Å².